The summed E-state index contributed by atoms with van der Waals surface area (Å²) in [4.78, 5) is 19.0. The highest BCUT2D eigenvalue weighted by Crippen LogP contribution is 2.24. The molecule has 13 heavy (non-hydrogen) atoms. The van der Waals surface area contributed by atoms with Crippen LogP contribution in [0.5, 0.6) is 0 Å². The lowest BCUT2D eigenvalue weighted by molar-refractivity contribution is 0.895. The molecular formula is C8H9N3OS. The van der Waals surface area contributed by atoms with Crippen LogP contribution < -0.4 is 5.56 Å². The van der Waals surface area contributed by atoms with Gasteiger partial charge in [0.05, 0.1) is 6.33 Å². The molecule has 0 bridgehead atoms. The smallest absolute Gasteiger partial charge is 0.261 e. The van der Waals surface area contributed by atoms with E-state index in [0.717, 1.165) is 4.88 Å². The zero-order valence-electron chi connectivity index (χ0n) is 7.37. The highest BCUT2D eigenvalue weighted by molar-refractivity contribution is 7.07. The number of aromatic nitrogens is 3. The second-order valence-corrected chi connectivity index (χ2v) is 3.94. The first-order valence-corrected chi connectivity index (χ1v) is 4.80. The Bertz CT molecular complexity index is 485. The Morgan fingerprint density at radius 3 is 3.00 bits per heavy atom. The fourth-order valence-corrected chi connectivity index (χ4v) is 2.02. The summed E-state index contributed by atoms with van der Waals surface area (Å²) in [5, 5.41) is 0.641. The van der Waals surface area contributed by atoms with E-state index in [0.29, 0.717) is 17.0 Å². The zero-order valence-corrected chi connectivity index (χ0v) is 8.18. The summed E-state index contributed by atoms with van der Waals surface area (Å²) in [6.07, 6.45) is 1.38. The van der Waals surface area contributed by atoms with Gasteiger partial charge < -0.3 is 4.98 Å². The van der Waals surface area contributed by atoms with E-state index in [-0.39, 0.29) is 5.56 Å². The van der Waals surface area contributed by atoms with E-state index in [1.165, 1.54) is 17.9 Å². The lowest BCUT2D eigenvalue weighted by atomic mass is 10.1. The van der Waals surface area contributed by atoms with Crippen molar-refractivity contribution in [3.63, 3.8) is 0 Å². The highest BCUT2D eigenvalue weighted by Gasteiger charge is 2.12. The predicted octanol–water partition coefficient (Wildman–Crippen LogP) is 1.50. The Morgan fingerprint density at radius 2 is 2.31 bits per heavy atom. The van der Waals surface area contributed by atoms with Gasteiger partial charge in [-0.1, -0.05) is 13.8 Å². The molecular weight excluding hydrogens is 186 g/mol. The number of rotatable bonds is 1. The third-order valence-corrected chi connectivity index (χ3v) is 2.97. The normalized spacial score (nSPS) is 11.3. The van der Waals surface area contributed by atoms with Crippen LogP contribution in [0, 0.1) is 0 Å². The van der Waals surface area contributed by atoms with Crippen molar-refractivity contribution >= 4 is 22.6 Å². The van der Waals surface area contributed by atoms with Crippen molar-refractivity contribution in [3.05, 3.63) is 21.6 Å². The maximum Gasteiger partial charge on any atom is 0.261 e. The summed E-state index contributed by atoms with van der Waals surface area (Å²) in [6.45, 7) is 4.08. The van der Waals surface area contributed by atoms with Gasteiger partial charge in [-0.25, -0.2) is 4.98 Å². The Morgan fingerprint density at radius 1 is 1.54 bits per heavy atom. The second-order valence-electron chi connectivity index (χ2n) is 3.13. The number of H-pyrrole nitrogens is 1. The van der Waals surface area contributed by atoms with E-state index in [2.05, 4.69) is 14.3 Å². The molecule has 0 saturated heterocycles. The number of nitrogens with zero attached hydrogens (tertiary/aromatic N) is 2. The van der Waals surface area contributed by atoms with Crippen LogP contribution in [0.2, 0.25) is 0 Å². The van der Waals surface area contributed by atoms with Crippen molar-refractivity contribution in [3.8, 4) is 0 Å². The fraction of sp³-hybridized carbons (Fsp3) is 0.375. The van der Waals surface area contributed by atoms with Crippen LogP contribution >= 0.6 is 11.5 Å². The molecule has 0 atom stereocenters. The van der Waals surface area contributed by atoms with Crippen molar-refractivity contribution < 1.29 is 0 Å². The van der Waals surface area contributed by atoms with Crippen LogP contribution in [0.3, 0.4) is 0 Å². The largest absolute Gasteiger partial charge is 0.312 e. The number of aromatic amines is 1. The van der Waals surface area contributed by atoms with Crippen molar-refractivity contribution in [2.75, 3.05) is 0 Å². The molecule has 4 nitrogen and oxygen atoms in total. The van der Waals surface area contributed by atoms with Gasteiger partial charge in [0.2, 0.25) is 0 Å². The molecule has 2 heterocycles. The van der Waals surface area contributed by atoms with Gasteiger partial charge in [0.15, 0.2) is 5.65 Å². The number of nitrogens with one attached hydrogen (secondary N) is 1. The average Bonchev–Trinajstić information content (AvgIpc) is 2.49. The molecule has 0 aliphatic rings. The van der Waals surface area contributed by atoms with Gasteiger partial charge >= 0.3 is 0 Å². The summed E-state index contributed by atoms with van der Waals surface area (Å²) in [7, 11) is 0. The highest BCUT2D eigenvalue weighted by atomic mass is 32.1. The standard InChI is InChI=1S/C8H9N3OS/c1-4(2)6-5-7(11-13-6)9-3-10-8(5)12/h3-4H,1-2H3,(H,9,10,11,12). The fourth-order valence-electron chi connectivity index (χ4n) is 1.21. The summed E-state index contributed by atoms with van der Waals surface area (Å²) in [5.74, 6) is 0.320. The number of fused-ring (bicyclic) bond motifs is 1. The minimum absolute atomic E-state index is 0.0950. The van der Waals surface area contributed by atoms with Crippen LogP contribution in [-0.2, 0) is 0 Å². The molecule has 0 aromatic carbocycles. The topological polar surface area (TPSA) is 58.6 Å². The van der Waals surface area contributed by atoms with Crippen LogP contribution in [0.15, 0.2) is 11.1 Å². The first kappa shape index (κ1) is 8.37. The Hall–Kier alpha value is -1.23. The van der Waals surface area contributed by atoms with Crippen molar-refractivity contribution in [2.45, 2.75) is 19.8 Å². The van der Waals surface area contributed by atoms with Gasteiger partial charge in [-0.2, -0.15) is 4.37 Å². The predicted molar refractivity (Wildman–Crippen MR) is 52.1 cm³/mol. The molecule has 0 unspecified atom stereocenters. The molecule has 0 aliphatic carbocycles. The number of hydrogen-bond donors (Lipinski definition) is 1. The van der Waals surface area contributed by atoms with E-state index in [1.54, 1.807) is 0 Å². The van der Waals surface area contributed by atoms with Crippen molar-refractivity contribution in [2.24, 2.45) is 0 Å². The first-order chi connectivity index (χ1) is 6.20. The zero-order chi connectivity index (χ0) is 9.42. The SMILES string of the molecule is CC(C)c1snc2nc[nH]c(=O)c12. The molecule has 1 N–H and O–H groups in total. The van der Waals surface area contributed by atoms with Crippen LogP contribution in [0.4, 0.5) is 0 Å². The lowest BCUT2D eigenvalue weighted by Gasteiger charge is -1.97. The maximum atomic E-state index is 11.4. The van der Waals surface area contributed by atoms with E-state index < -0.39 is 0 Å². The average molecular weight is 195 g/mol. The van der Waals surface area contributed by atoms with Gasteiger partial charge in [0, 0.05) is 4.88 Å². The van der Waals surface area contributed by atoms with E-state index >= 15 is 0 Å². The molecule has 2 rings (SSSR count). The monoisotopic (exact) mass is 195 g/mol. The number of hydrogen-bond acceptors (Lipinski definition) is 4. The molecule has 0 radical (unpaired) electrons. The maximum absolute atomic E-state index is 11.4. The van der Waals surface area contributed by atoms with E-state index in [1.807, 2.05) is 13.8 Å². The first-order valence-electron chi connectivity index (χ1n) is 4.03. The Labute approximate surface area is 78.8 Å². The summed E-state index contributed by atoms with van der Waals surface area (Å²) in [5.41, 5.74) is 0.458. The molecule has 2 aromatic rings. The molecule has 68 valence electrons. The molecule has 0 spiro atoms. The molecule has 0 saturated carbocycles. The van der Waals surface area contributed by atoms with Gasteiger partial charge in [-0.3, -0.25) is 4.79 Å². The minimum Gasteiger partial charge on any atom is -0.312 e. The van der Waals surface area contributed by atoms with E-state index in [4.69, 9.17) is 0 Å². The van der Waals surface area contributed by atoms with Gasteiger partial charge in [-0.15, -0.1) is 0 Å². The molecule has 5 heteroatoms. The third-order valence-electron chi connectivity index (χ3n) is 1.83. The molecule has 2 aromatic heterocycles. The Balaban J connectivity index is 2.87. The second kappa shape index (κ2) is 2.92. The molecule has 0 aliphatic heterocycles. The Kier molecular flexibility index (Phi) is 1.88. The summed E-state index contributed by atoms with van der Waals surface area (Å²) >= 11 is 1.35. The lowest BCUT2D eigenvalue weighted by Crippen LogP contribution is -2.06. The van der Waals surface area contributed by atoms with Crippen molar-refractivity contribution in [1.29, 1.82) is 0 Å². The van der Waals surface area contributed by atoms with Gasteiger partial charge in [0.25, 0.3) is 5.56 Å². The van der Waals surface area contributed by atoms with E-state index in [9.17, 15) is 4.79 Å². The van der Waals surface area contributed by atoms with Crippen LogP contribution in [0.25, 0.3) is 11.0 Å². The summed E-state index contributed by atoms with van der Waals surface area (Å²) in [6, 6.07) is 0. The van der Waals surface area contributed by atoms with Gasteiger partial charge in [0.1, 0.15) is 5.39 Å². The molecule has 0 amide bonds. The van der Waals surface area contributed by atoms with Crippen LogP contribution in [0.1, 0.15) is 24.6 Å². The van der Waals surface area contributed by atoms with Crippen molar-refractivity contribution in [1.82, 2.24) is 14.3 Å². The van der Waals surface area contributed by atoms with Gasteiger partial charge in [-0.05, 0) is 17.5 Å². The van der Waals surface area contributed by atoms with Crippen LogP contribution in [-0.4, -0.2) is 14.3 Å². The quantitative estimate of drug-likeness (QED) is 0.750. The summed E-state index contributed by atoms with van der Waals surface area (Å²) < 4.78 is 4.11. The molecule has 0 fully saturated rings. The minimum atomic E-state index is -0.0950. The third kappa shape index (κ3) is 1.25.